The van der Waals surface area contributed by atoms with Gasteiger partial charge in [-0.2, -0.15) is 0 Å². The van der Waals surface area contributed by atoms with E-state index < -0.39 is 0 Å². The minimum absolute atomic E-state index is 0.00306. The number of amides is 1. The van der Waals surface area contributed by atoms with Crippen LogP contribution in [0.3, 0.4) is 0 Å². The van der Waals surface area contributed by atoms with E-state index in [4.69, 9.17) is 0 Å². The molecule has 1 aromatic heterocycles. The zero-order valence-electron chi connectivity index (χ0n) is 12.6. The molecule has 0 radical (unpaired) electrons. The molecule has 1 aliphatic carbocycles. The molecule has 1 heterocycles. The Kier molecular flexibility index (Phi) is 3.79. The van der Waals surface area contributed by atoms with E-state index in [9.17, 15) is 4.79 Å². The van der Waals surface area contributed by atoms with Gasteiger partial charge in [0.05, 0.1) is 5.75 Å². The Bertz CT molecular complexity index is 849. The van der Waals surface area contributed by atoms with E-state index in [0.29, 0.717) is 11.8 Å². The zero-order valence-corrected chi connectivity index (χ0v) is 13.4. The molecule has 1 saturated carbocycles. The number of imidazole rings is 1. The molecule has 0 aliphatic heterocycles. The summed E-state index contributed by atoms with van der Waals surface area (Å²) >= 11 is 1.49. The first-order valence-electron chi connectivity index (χ1n) is 7.74. The molecule has 0 saturated heterocycles. The SMILES string of the molecule is O=C(CSc1nccn1C1CC1)Nc1cccc2ccccc12. The molecule has 0 spiro atoms. The molecule has 1 fully saturated rings. The van der Waals surface area contributed by atoms with Crippen LogP contribution in [0.2, 0.25) is 0 Å². The van der Waals surface area contributed by atoms with Gasteiger partial charge in [-0.05, 0) is 24.3 Å². The van der Waals surface area contributed by atoms with Crippen LogP contribution in [0.15, 0.2) is 60.0 Å². The van der Waals surface area contributed by atoms with Gasteiger partial charge in [-0.25, -0.2) is 4.98 Å². The van der Waals surface area contributed by atoms with Crippen molar-refractivity contribution in [3.8, 4) is 0 Å². The van der Waals surface area contributed by atoms with Crippen molar-refractivity contribution in [3.05, 3.63) is 54.9 Å². The van der Waals surface area contributed by atoms with Crippen LogP contribution in [0.25, 0.3) is 10.8 Å². The standard InChI is InChI=1S/C18H17N3OS/c22-17(12-23-18-19-10-11-21(18)14-8-9-14)20-16-7-3-5-13-4-1-2-6-15(13)16/h1-7,10-11,14H,8-9,12H2,(H,20,22). The number of carbonyl (C=O) groups excluding carboxylic acids is 1. The molecule has 0 bridgehead atoms. The van der Waals surface area contributed by atoms with Gasteiger partial charge in [0.1, 0.15) is 0 Å². The highest BCUT2D eigenvalue weighted by Gasteiger charge is 2.25. The van der Waals surface area contributed by atoms with Crippen LogP contribution >= 0.6 is 11.8 Å². The predicted octanol–water partition coefficient (Wildman–Crippen LogP) is 4.10. The van der Waals surface area contributed by atoms with Gasteiger partial charge in [0, 0.05) is 29.5 Å². The number of rotatable bonds is 5. The highest BCUT2D eigenvalue weighted by atomic mass is 32.2. The molecule has 4 rings (SSSR count). The van der Waals surface area contributed by atoms with E-state index in [1.165, 1.54) is 24.6 Å². The van der Waals surface area contributed by atoms with Gasteiger partial charge >= 0.3 is 0 Å². The van der Waals surface area contributed by atoms with Gasteiger partial charge in [0.2, 0.25) is 5.91 Å². The van der Waals surface area contributed by atoms with Gasteiger partial charge in [-0.15, -0.1) is 0 Å². The van der Waals surface area contributed by atoms with Gasteiger partial charge < -0.3 is 9.88 Å². The summed E-state index contributed by atoms with van der Waals surface area (Å²) in [4.78, 5) is 16.6. The second-order valence-corrected chi connectivity index (χ2v) is 6.65. The lowest BCUT2D eigenvalue weighted by Crippen LogP contribution is -2.14. The molecular formula is C18H17N3OS. The predicted molar refractivity (Wildman–Crippen MR) is 93.8 cm³/mol. The average Bonchev–Trinajstić information content (AvgIpc) is 3.31. The lowest BCUT2D eigenvalue weighted by atomic mass is 10.1. The highest BCUT2D eigenvalue weighted by Crippen LogP contribution is 2.37. The molecule has 116 valence electrons. The number of aromatic nitrogens is 2. The maximum Gasteiger partial charge on any atom is 0.234 e. The van der Waals surface area contributed by atoms with Crippen molar-refractivity contribution in [1.82, 2.24) is 9.55 Å². The maximum absolute atomic E-state index is 12.3. The first-order chi connectivity index (χ1) is 11.3. The Morgan fingerprint density at radius 1 is 1.22 bits per heavy atom. The molecule has 1 amide bonds. The number of hydrogen-bond donors (Lipinski definition) is 1. The highest BCUT2D eigenvalue weighted by molar-refractivity contribution is 7.99. The topological polar surface area (TPSA) is 46.9 Å². The number of thioether (sulfide) groups is 1. The number of hydrogen-bond acceptors (Lipinski definition) is 3. The Morgan fingerprint density at radius 3 is 2.91 bits per heavy atom. The summed E-state index contributed by atoms with van der Waals surface area (Å²) in [7, 11) is 0. The van der Waals surface area contributed by atoms with Crippen LogP contribution in [-0.4, -0.2) is 21.2 Å². The second kappa shape index (κ2) is 6.08. The summed E-state index contributed by atoms with van der Waals surface area (Å²) in [5.74, 6) is 0.365. The van der Waals surface area contributed by atoms with E-state index in [1.54, 1.807) is 0 Å². The van der Waals surface area contributed by atoms with Crippen LogP contribution in [0.1, 0.15) is 18.9 Å². The van der Waals surface area contributed by atoms with Gasteiger partial charge in [0.25, 0.3) is 0 Å². The number of nitrogens with zero attached hydrogens (tertiary/aromatic N) is 2. The molecule has 1 aliphatic rings. The monoisotopic (exact) mass is 323 g/mol. The fourth-order valence-corrected chi connectivity index (χ4v) is 3.52. The van der Waals surface area contributed by atoms with Crippen molar-refractivity contribution < 1.29 is 4.79 Å². The summed E-state index contributed by atoms with van der Waals surface area (Å²) in [5.41, 5.74) is 0.860. The molecular weight excluding hydrogens is 306 g/mol. The van der Waals surface area contributed by atoms with Crippen LogP contribution in [-0.2, 0) is 4.79 Å². The lowest BCUT2D eigenvalue weighted by molar-refractivity contribution is -0.113. The van der Waals surface area contributed by atoms with Crippen LogP contribution in [0, 0.1) is 0 Å². The number of carbonyl (C=O) groups is 1. The number of fused-ring (bicyclic) bond motifs is 1. The zero-order chi connectivity index (χ0) is 15.6. The summed E-state index contributed by atoms with van der Waals surface area (Å²) in [6.45, 7) is 0. The van der Waals surface area contributed by atoms with Gasteiger partial charge in [0.15, 0.2) is 5.16 Å². The maximum atomic E-state index is 12.3. The summed E-state index contributed by atoms with van der Waals surface area (Å²) in [6, 6.07) is 14.6. The molecule has 4 nitrogen and oxygen atoms in total. The Labute approximate surface area is 138 Å². The minimum Gasteiger partial charge on any atom is -0.325 e. The number of benzene rings is 2. The Hall–Kier alpha value is -2.27. The van der Waals surface area contributed by atoms with Crippen LogP contribution < -0.4 is 5.32 Å². The van der Waals surface area contributed by atoms with Crippen molar-refractivity contribution in [2.24, 2.45) is 0 Å². The number of nitrogens with one attached hydrogen (secondary N) is 1. The molecule has 5 heteroatoms. The summed E-state index contributed by atoms with van der Waals surface area (Å²) < 4.78 is 2.18. The van der Waals surface area contributed by atoms with Crippen molar-refractivity contribution in [2.75, 3.05) is 11.1 Å². The third kappa shape index (κ3) is 3.10. The normalized spacial score (nSPS) is 14.1. The average molecular weight is 323 g/mol. The lowest BCUT2D eigenvalue weighted by Gasteiger charge is -2.09. The largest absolute Gasteiger partial charge is 0.325 e. The quantitative estimate of drug-likeness (QED) is 0.719. The fourth-order valence-electron chi connectivity index (χ4n) is 2.69. The summed E-state index contributed by atoms with van der Waals surface area (Å²) in [6.07, 6.45) is 6.24. The second-order valence-electron chi connectivity index (χ2n) is 5.71. The van der Waals surface area contributed by atoms with Gasteiger partial charge in [-0.1, -0.05) is 48.2 Å². The van der Waals surface area contributed by atoms with E-state index in [1.807, 2.05) is 54.9 Å². The first-order valence-corrected chi connectivity index (χ1v) is 8.73. The molecule has 3 aromatic rings. The van der Waals surface area contributed by atoms with Gasteiger partial charge in [-0.3, -0.25) is 4.79 Å². The molecule has 2 aromatic carbocycles. The summed E-state index contributed by atoms with van der Waals surface area (Å²) in [5, 5.41) is 6.14. The van der Waals surface area contributed by atoms with Crippen molar-refractivity contribution in [1.29, 1.82) is 0 Å². The van der Waals surface area contributed by atoms with Crippen molar-refractivity contribution in [3.63, 3.8) is 0 Å². The van der Waals surface area contributed by atoms with E-state index >= 15 is 0 Å². The third-order valence-electron chi connectivity index (χ3n) is 3.97. The van der Waals surface area contributed by atoms with E-state index in [0.717, 1.165) is 21.6 Å². The number of anilines is 1. The third-order valence-corrected chi connectivity index (χ3v) is 4.95. The van der Waals surface area contributed by atoms with E-state index in [2.05, 4.69) is 14.9 Å². The van der Waals surface area contributed by atoms with Crippen LogP contribution in [0.5, 0.6) is 0 Å². The molecule has 23 heavy (non-hydrogen) atoms. The first kappa shape index (κ1) is 14.3. The Morgan fingerprint density at radius 2 is 2.04 bits per heavy atom. The Balaban J connectivity index is 1.44. The molecule has 0 atom stereocenters. The van der Waals surface area contributed by atoms with Crippen molar-refractivity contribution in [2.45, 2.75) is 24.0 Å². The van der Waals surface area contributed by atoms with E-state index in [-0.39, 0.29) is 5.91 Å². The smallest absolute Gasteiger partial charge is 0.234 e. The van der Waals surface area contributed by atoms with Crippen LogP contribution in [0.4, 0.5) is 5.69 Å². The van der Waals surface area contributed by atoms with Crippen molar-refractivity contribution >= 4 is 34.1 Å². The molecule has 1 N–H and O–H groups in total. The minimum atomic E-state index is -0.00306. The fraction of sp³-hybridized carbons (Fsp3) is 0.222. The molecule has 0 unspecified atom stereocenters.